The fraction of sp³-hybridized carbons (Fsp3) is 1.00. The van der Waals surface area contributed by atoms with Gasteiger partial charge in [-0.3, -0.25) is 0 Å². The van der Waals surface area contributed by atoms with E-state index < -0.39 is 0 Å². The highest BCUT2D eigenvalue weighted by molar-refractivity contribution is 4.88. The molecule has 0 heterocycles. The highest BCUT2D eigenvalue weighted by Crippen LogP contribution is 2.44. The molecule has 21 heavy (non-hydrogen) atoms. The van der Waals surface area contributed by atoms with E-state index in [-0.39, 0.29) is 5.54 Å². The van der Waals surface area contributed by atoms with Crippen LogP contribution in [0.4, 0.5) is 0 Å². The third-order valence-electron chi connectivity index (χ3n) is 6.28. The van der Waals surface area contributed by atoms with Crippen molar-refractivity contribution in [2.75, 3.05) is 6.54 Å². The van der Waals surface area contributed by atoms with Gasteiger partial charge in [-0.25, -0.2) is 0 Å². The molecule has 0 bridgehead atoms. The van der Waals surface area contributed by atoms with Crippen molar-refractivity contribution in [1.29, 1.82) is 0 Å². The van der Waals surface area contributed by atoms with Crippen LogP contribution in [-0.4, -0.2) is 12.1 Å². The Labute approximate surface area is 133 Å². The van der Waals surface area contributed by atoms with Crippen LogP contribution in [0.1, 0.15) is 86.0 Å². The third-order valence-corrected chi connectivity index (χ3v) is 6.28. The Balaban J connectivity index is 1.92. The smallest absolute Gasteiger partial charge is 0.00966 e. The molecule has 0 aromatic carbocycles. The summed E-state index contributed by atoms with van der Waals surface area (Å²) in [4.78, 5) is 0. The molecule has 0 aliphatic heterocycles. The maximum absolute atomic E-state index is 3.80. The number of nitrogens with one attached hydrogen (secondary N) is 1. The topological polar surface area (TPSA) is 12.0 Å². The summed E-state index contributed by atoms with van der Waals surface area (Å²) in [6, 6.07) is 0. The van der Waals surface area contributed by atoms with Gasteiger partial charge >= 0.3 is 0 Å². The number of hydrogen-bond acceptors (Lipinski definition) is 1. The Morgan fingerprint density at radius 1 is 0.952 bits per heavy atom. The predicted molar refractivity (Wildman–Crippen MR) is 93.5 cm³/mol. The lowest BCUT2D eigenvalue weighted by atomic mass is 9.64. The van der Waals surface area contributed by atoms with Gasteiger partial charge in [0.05, 0.1) is 0 Å². The normalized spacial score (nSPS) is 38.4. The molecule has 0 spiro atoms. The summed E-state index contributed by atoms with van der Waals surface area (Å²) in [5, 5.41) is 3.80. The Kier molecular flexibility index (Phi) is 6.17. The van der Waals surface area contributed by atoms with Crippen molar-refractivity contribution in [1.82, 2.24) is 5.32 Å². The minimum Gasteiger partial charge on any atom is -0.312 e. The summed E-state index contributed by atoms with van der Waals surface area (Å²) in [5.41, 5.74) is 0.271. The molecule has 0 radical (unpaired) electrons. The molecule has 3 atom stereocenters. The van der Waals surface area contributed by atoms with Crippen molar-refractivity contribution >= 4 is 0 Å². The molecule has 0 saturated heterocycles. The molecule has 0 amide bonds. The third kappa shape index (κ3) is 5.27. The summed E-state index contributed by atoms with van der Waals surface area (Å²) < 4.78 is 0. The van der Waals surface area contributed by atoms with Crippen LogP contribution in [0.3, 0.4) is 0 Å². The van der Waals surface area contributed by atoms with Crippen molar-refractivity contribution in [3.8, 4) is 0 Å². The van der Waals surface area contributed by atoms with E-state index in [0.717, 1.165) is 29.6 Å². The zero-order chi connectivity index (χ0) is 15.5. The highest BCUT2D eigenvalue weighted by atomic mass is 14.9. The van der Waals surface area contributed by atoms with Crippen LogP contribution in [0.5, 0.6) is 0 Å². The number of hydrogen-bond donors (Lipinski definition) is 1. The standard InChI is InChI=1S/C20H39N/c1-6-16-8-11-17(12-9-16)19-13-15(2)7-10-18(19)14-21-20(3,4)5/h15-19,21H,6-14H2,1-5H3. The molecule has 2 aliphatic rings. The average molecular weight is 294 g/mol. The van der Waals surface area contributed by atoms with Gasteiger partial charge < -0.3 is 5.32 Å². The van der Waals surface area contributed by atoms with Crippen molar-refractivity contribution in [2.24, 2.45) is 29.6 Å². The van der Waals surface area contributed by atoms with Crippen molar-refractivity contribution < 1.29 is 0 Å². The van der Waals surface area contributed by atoms with Gasteiger partial charge in [0.15, 0.2) is 0 Å². The minimum atomic E-state index is 0.271. The Morgan fingerprint density at radius 2 is 1.62 bits per heavy atom. The first-order valence-electron chi connectivity index (χ1n) is 9.64. The van der Waals surface area contributed by atoms with Gasteiger partial charge in [0.2, 0.25) is 0 Å². The molecule has 1 heteroatoms. The van der Waals surface area contributed by atoms with Gasteiger partial charge in [-0.15, -0.1) is 0 Å². The zero-order valence-electron chi connectivity index (χ0n) is 15.3. The van der Waals surface area contributed by atoms with E-state index in [1.165, 1.54) is 57.9 Å². The molecular formula is C20H39N. The molecule has 3 unspecified atom stereocenters. The molecule has 2 rings (SSSR count). The lowest BCUT2D eigenvalue weighted by molar-refractivity contribution is 0.0843. The molecule has 2 saturated carbocycles. The Morgan fingerprint density at radius 3 is 2.19 bits per heavy atom. The zero-order valence-corrected chi connectivity index (χ0v) is 15.3. The predicted octanol–water partition coefficient (Wildman–Crippen LogP) is 5.64. The number of rotatable bonds is 4. The molecule has 1 nitrogen and oxygen atoms in total. The fourth-order valence-electron chi connectivity index (χ4n) is 4.78. The van der Waals surface area contributed by atoms with Crippen LogP contribution in [-0.2, 0) is 0 Å². The van der Waals surface area contributed by atoms with Crippen LogP contribution in [0.15, 0.2) is 0 Å². The van der Waals surface area contributed by atoms with Crippen LogP contribution in [0.25, 0.3) is 0 Å². The second-order valence-corrected chi connectivity index (χ2v) is 9.16. The summed E-state index contributed by atoms with van der Waals surface area (Å²) >= 11 is 0. The van der Waals surface area contributed by atoms with Crippen molar-refractivity contribution in [2.45, 2.75) is 91.5 Å². The van der Waals surface area contributed by atoms with E-state index in [1.807, 2.05) is 0 Å². The second kappa shape index (κ2) is 7.49. The fourth-order valence-corrected chi connectivity index (χ4v) is 4.78. The van der Waals surface area contributed by atoms with Gasteiger partial charge in [0.25, 0.3) is 0 Å². The van der Waals surface area contributed by atoms with Gasteiger partial charge in [0.1, 0.15) is 0 Å². The second-order valence-electron chi connectivity index (χ2n) is 9.16. The van der Waals surface area contributed by atoms with E-state index in [1.54, 1.807) is 0 Å². The lowest BCUT2D eigenvalue weighted by Crippen LogP contribution is -2.43. The van der Waals surface area contributed by atoms with Gasteiger partial charge in [0, 0.05) is 5.54 Å². The first kappa shape index (κ1) is 17.3. The maximum Gasteiger partial charge on any atom is 0.00966 e. The van der Waals surface area contributed by atoms with Crippen LogP contribution >= 0.6 is 0 Å². The SMILES string of the molecule is CCC1CCC(C2CC(C)CCC2CNC(C)(C)C)CC1. The van der Waals surface area contributed by atoms with Gasteiger partial charge in [-0.05, 0) is 82.6 Å². The monoisotopic (exact) mass is 293 g/mol. The van der Waals surface area contributed by atoms with E-state index >= 15 is 0 Å². The van der Waals surface area contributed by atoms with Crippen molar-refractivity contribution in [3.05, 3.63) is 0 Å². The lowest BCUT2D eigenvalue weighted by Gasteiger charge is -2.43. The molecule has 0 aromatic rings. The minimum absolute atomic E-state index is 0.271. The average Bonchev–Trinajstić information content (AvgIpc) is 2.45. The van der Waals surface area contributed by atoms with Gasteiger partial charge in [-0.1, -0.05) is 39.5 Å². The van der Waals surface area contributed by atoms with Crippen LogP contribution < -0.4 is 5.32 Å². The molecule has 124 valence electrons. The van der Waals surface area contributed by atoms with Crippen LogP contribution in [0, 0.1) is 29.6 Å². The molecule has 2 aliphatic carbocycles. The van der Waals surface area contributed by atoms with E-state index in [0.29, 0.717) is 0 Å². The largest absolute Gasteiger partial charge is 0.312 e. The summed E-state index contributed by atoms with van der Waals surface area (Å²) in [6.45, 7) is 13.0. The van der Waals surface area contributed by atoms with Crippen LogP contribution in [0.2, 0.25) is 0 Å². The molecule has 1 N–H and O–H groups in total. The Hall–Kier alpha value is -0.0400. The summed E-state index contributed by atoms with van der Waals surface area (Å²) in [6.07, 6.45) is 11.9. The summed E-state index contributed by atoms with van der Waals surface area (Å²) in [5.74, 6) is 4.96. The van der Waals surface area contributed by atoms with E-state index in [9.17, 15) is 0 Å². The summed E-state index contributed by atoms with van der Waals surface area (Å²) in [7, 11) is 0. The van der Waals surface area contributed by atoms with E-state index in [2.05, 4.69) is 39.9 Å². The van der Waals surface area contributed by atoms with Gasteiger partial charge in [-0.2, -0.15) is 0 Å². The quantitative estimate of drug-likeness (QED) is 0.707. The Bertz CT molecular complexity index is 295. The van der Waals surface area contributed by atoms with E-state index in [4.69, 9.17) is 0 Å². The molecular weight excluding hydrogens is 254 g/mol. The molecule has 0 aromatic heterocycles. The van der Waals surface area contributed by atoms with Crippen molar-refractivity contribution in [3.63, 3.8) is 0 Å². The highest BCUT2D eigenvalue weighted by Gasteiger charge is 2.36. The maximum atomic E-state index is 3.80. The molecule has 2 fully saturated rings. The first-order valence-corrected chi connectivity index (χ1v) is 9.64. The first-order chi connectivity index (χ1) is 9.89.